The molecule has 88 valence electrons. The van der Waals surface area contributed by atoms with Gasteiger partial charge in [0.25, 0.3) is 0 Å². The Morgan fingerprint density at radius 2 is 2.25 bits per heavy atom. The van der Waals surface area contributed by atoms with E-state index < -0.39 is 4.92 Å². The molecule has 0 fully saturated rings. The highest BCUT2D eigenvalue weighted by atomic mass is 79.9. The molecule has 0 aromatic heterocycles. The molecule has 1 aromatic rings. The van der Waals surface area contributed by atoms with Gasteiger partial charge in [0.05, 0.1) is 11.5 Å². The lowest BCUT2D eigenvalue weighted by Gasteiger charge is -2.11. The third kappa shape index (κ3) is 3.48. The summed E-state index contributed by atoms with van der Waals surface area (Å²) < 4.78 is 6.12. The summed E-state index contributed by atoms with van der Waals surface area (Å²) in [6.45, 7) is 4.60. The average Bonchev–Trinajstić information content (AvgIpc) is 2.26. The molecule has 0 saturated carbocycles. The summed E-state index contributed by atoms with van der Waals surface area (Å²) in [6.07, 6.45) is 0.990. The fourth-order valence-electron chi connectivity index (χ4n) is 1.11. The lowest BCUT2D eigenvalue weighted by atomic mass is 10.1. The van der Waals surface area contributed by atoms with E-state index in [1.165, 1.54) is 6.07 Å². The van der Waals surface area contributed by atoms with Gasteiger partial charge in [-0.3, -0.25) is 10.1 Å². The third-order valence-electron chi connectivity index (χ3n) is 2.34. The predicted molar refractivity (Wildman–Crippen MR) is 65.7 cm³/mol. The summed E-state index contributed by atoms with van der Waals surface area (Å²) in [4.78, 5) is 10.4. The van der Waals surface area contributed by atoms with Crippen molar-refractivity contribution in [3.05, 3.63) is 32.8 Å². The number of nitrogens with zero attached hydrogens (tertiary/aromatic N) is 1. The highest BCUT2D eigenvalue weighted by Gasteiger charge is 2.15. The molecule has 0 N–H and O–H groups in total. The minimum atomic E-state index is -0.434. The molecule has 0 heterocycles. The molecule has 0 amide bonds. The highest BCUT2D eigenvalue weighted by Crippen LogP contribution is 2.30. The van der Waals surface area contributed by atoms with Gasteiger partial charge in [0.15, 0.2) is 5.75 Å². The van der Waals surface area contributed by atoms with Crippen molar-refractivity contribution in [3.63, 3.8) is 0 Å². The Labute approximate surface area is 103 Å². The van der Waals surface area contributed by atoms with E-state index in [4.69, 9.17) is 4.74 Å². The van der Waals surface area contributed by atoms with Crippen LogP contribution in [0.2, 0.25) is 0 Å². The number of nitro groups is 1. The Morgan fingerprint density at radius 1 is 1.56 bits per heavy atom. The Bertz CT molecular complexity index is 381. The summed E-state index contributed by atoms with van der Waals surface area (Å²) in [5.41, 5.74) is -0.00215. The number of nitro benzene ring substituents is 1. The Kier molecular flexibility index (Phi) is 4.73. The molecule has 0 spiro atoms. The summed E-state index contributed by atoms with van der Waals surface area (Å²) >= 11 is 3.20. The number of benzene rings is 1. The van der Waals surface area contributed by atoms with Gasteiger partial charge in [0.1, 0.15) is 0 Å². The second-order valence-corrected chi connectivity index (χ2v) is 4.61. The molecule has 0 aliphatic heterocycles. The first-order valence-corrected chi connectivity index (χ1v) is 5.90. The molecule has 4 nitrogen and oxygen atoms in total. The van der Waals surface area contributed by atoms with E-state index in [1.807, 2.05) is 6.92 Å². The standard InChI is InChI=1S/C11H14BrNO3/c1-3-8(2)7-16-11-5-4-9(12)6-10(11)13(14)15/h4-6,8H,3,7H2,1-2H3/t8-/m0/s1. The first-order valence-electron chi connectivity index (χ1n) is 5.11. The monoisotopic (exact) mass is 287 g/mol. The third-order valence-corrected chi connectivity index (χ3v) is 2.83. The predicted octanol–water partition coefficient (Wildman–Crippen LogP) is 3.78. The number of hydrogen-bond donors (Lipinski definition) is 0. The smallest absolute Gasteiger partial charge is 0.312 e. The minimum Gasteiger partial charge on any atom is -0.487 e. The van der Waals surface area contributed by atoms with Crippen LogP contribution in [0.15, 0.2) is 22.7 Å². The zero-order valence-electron chi connectivity index (χ0n) is 9.27. The quantitative estimate of drug-likeness (QED) is 0.612. The van der Waals surface area contributed by atoms with Gasteiger partial charge in [0.2, 0.25) is 0 Å². The number of halogens is 1. The van der Waals surface area contributed by atoms with Crippen LogP contribution in [0.5, 0.6) is 5.75 Å². The van der Waals surface area contributed by atoms with E-state index in [0.717, 1.165) is 6.42 Å². The Balaban J connectivity index is 2.82. The molecular formula is C11H14BrNO3. The van der Waals surface area contributed by atoms with Crippen molar-refractivity contribution in [2.24, 2.45) is 5.92 Å². The SMILES string of the molecule is CC[C@H](C)COc1ccc(Br)cc1[N+](=O)[O-]. The van der Waals surface area contributed by atoms with Gasteiger partial charge < -0.3 is 4.74 Å². The molecule has 1 atom stereocenters. The van der Waals surface area contributed by atoms with Crippen LogP contribution in [0.1, 0.15) is 20.3 Å². The molecule has 0 radical (unpaired) electrons. The topological polar surface area (TPSA) is 52.4 Å². The summed E-state index contributed by atoms with van der Waals surface area (Å²) in [5.74, 6) is 0.719. The Morgan fingerprint density at radius 3 is 2.81 bits per heavy atom. The van der Waals surface area contributed by atoms with Crippen LogP contribution in [0, 0.1) is 16.0 Å². The van der Waals surface area contributed by atoms with Crippen molar-refractivity contribution in [2.45, 2.75) is 20.3 Å². The van der Waals surface area contributed by atoms with Crippen LogP contribution in [-0.2, 0) is 0 Å². The highest BCUT2D eigenvalue weighted by molar-refractivity contribution is 9.10. The van der Waals surface area contributed by atoms with Gasteiger partial charge in [-0.05, 0) is 18.1 Å². The van der Waals surface area contributed by atoms with Gasteiger partial charge >= 0.3 is 5.69 Å². The van der Waals surface area contributed by atoms with E-state index in [1.54, 1.807) is 12.1 Å². The normalized spacial score (nSPS) is 12.2. The van der Waals surface area contributed by atoms with Crippen molar-refractivity contribution in [3.8, 4) is 5.75 Å². The molecule has 16 heavy (non-hydrogen) atoms. The lowest BCUT2D eigenvalue weighted by Crippen LogP contribution is -2.08. The summed E-state index contributed by atoms with van der Waals surface area (Å²) in [6, 6.07) is 4.80. The van der Waals surface area contributed by atoms with E-state index >= 15 is 0 Å². The average molecular weight is 288 g/mol. The van der Waals surface area contributed by atoms with Crippen molar-refractivity contribution in [1.29, 1.82) is 0 Å². The number of rotatable bonds is 5. The maximum absolute atomic E-state index is 10.8. The molecular weight excluding hydrogens is 274 g/mol. The Hall–Kier alpha value is -1.10. The molecule has 0 aliphatic rings. The van der Waals surface area contributed by atoms with Crippen LogP contribution < -0.4 is 4.74 Å². The van der Waals surface area contributed by atoms with Crippen LogP contribution in [0.3, 0.4) is 0 Å². The molecule has 1 aromatic carbocycles. The van der Waals surface area contributed by atoms with Crippen molar-refractivity contribution >= 4 is 21.6 Å². The van der Waals surface area contributed by atoms with Crippen molar-refractivity contribution in [2.75, 3.05) is 6.61 Å². The fourth-order valence-corrected chi connectivity index (χ4v) is 1.45. The number of hydrogen-bond acceptors (Lipinski definition) is 3. The van der Waals surface area contributed by atoms with Crippen LogP contribution in [0.25, 0.3) is 0 Å². The van der Waals surface area contributed by atoms with Crippen molar-refractivity contribution < 1.29 is 9.66 Å². The first-order chi connectivity index (χ1) is 7.54. The van der Waals surface area contributed by atoms with Gasteiger partial charge in [-0.15, -0.1) is 0 Å². The van der Waals surface area contributed by atoms with Gasteiger partial charge in [-0.2, -0.15) is 0 Å². The minimum absolute atomic E-state index is 0.00215. The first kappa shape index (κ1) is 13.0. The molecule has 0 saturated heterocycles. The zero-order valence-corrected chi connectivity index (χ0v) is 10.9. The number of ether oxygens (including phenoxy) is 1. The largest absolute Gasteiger partial charge is 0.487 e. The molecule has 0 aliphatic carbocycles. The molecule has 1 rings (SSSR count). The van der Waals surface area contributed by atoms with Crippen molar-refractivity contribution in [1.82, 2.24) is 0 Å². The second kappa shape index (κ2) is 5.84. The second-order valence-electron chi connectivity index (χ2n) is 3.69. The lowest BCUT2D eigenvalue weighted by molar-refractivity contribution is -0.386. The maximum atomic E-state index is 10.8. The van der Waals surface area contributed by atoms with E-state index in [2.05, 4.69) is 22.9 Å². The zero-order chi connectivity index (χ0) is 12.1. The van der Waals surface area contributed by atoms with Crippen LogP contribution in [0.4, 0.5) is 5.69 Å². The summed E-state index contributed by atoms with van der Waals surface area (Å²) in [5, 5.41) is 10.8. The molecule has 0 unspecified atom stereocenters. The van der Waals surface area contributed by atoms with Crippen LogP contribution in [-0.4, -0.2) is 11.5 Å². The van der Waals surface area contributed by atoms with Crippen LogP contribution >= 0.6 is 15.9 Å². The van der Waals surface area contributed by atoms with Gasteiger partial charge in [-0.1, -0.05) is 36.2 Å². The van der Waals surface area contributed by atoms with E-state index in [0.29, 0.717) is 22.7 Å². The molecule has 5 heteroatoms. The van der Waals surface area contributed by atoms with E-state index in [9.17, 15) is 10.1 Å². The fraction of sp³-hybridized carbons (Fsp3) is 0.455. The van der Waals surface area contributed by atoms with E-state index in [-0.39, 0.29) is 5.69 Å². The maximum Gasteiger partial charge on any atom is 0.312 e. The van der Waals surface area contributed by atoms with Gasteiger partial charge in [-0.25, -0.2) is 0 Å². The van der Waals surface area contributed by atoms with Gasteiger partial charge in [0, 0.05) is 10.5 Å². The molecule has 0 bridgehead atoms. The summed E-state index contributed by atoms with van der Waals surface area (Å²) in [7, 11) is 0.